The van der Waals surface area contributed by atoms with Crippen LogP contribution in [-0.2, 0) is 0 Å². The molecule has 2 aliphatic rings. The summed E-state index contributed by atoms with van der Waals surface area (Å²) < 4.78 is 0. The van der Waals surface area contributed by atoms with E-state index in [1.807, 2.05) is 0 Å². The van der Waals surface area contributed by atoms with Crippen molar-refractivity contribution in [1.82, 2.24) is 0 Å². The van der Waals surface area contributed by atoms with Gasteiger partial charge in [0, 0.05) is 0 Å². The molecule has 2 heterocycles. The van der Waals surface area contributed by atoms with E-state index in [2.05, 4.69) is 33.8 Å². The molecule has 0 radical (unpaired) electrons. The third-order valence-corrected chi connectivity index (χ3v) is 5.13. The van der Waals surface area contributed by atoms with E-state index in [1.165, 1.54) is 44.1 Å². The summed E-state index contributed by atoms with van der Waals surface area (Å²) in [7, 11) is 0. The quantitative estimate of drug-likeness (QED) is 0.440. The standard InChI is InChI=1S/C16H29B/c1-12(2)11-16(13(3)4)17-14-7-5-8-15(17)10-6-9-14/h11,13-16H,5-10H2,1-4H3/t14?,15?,16-/m1/s1. The third kappa shape index (κ3) is 2.98. The van der Waals surface area contributed by atoms with Gasteiger partial charge < -0.3 is 0 Å². The zero-order chi connectivity index (χ0) is 12.4. The largest absolute Gasteiger partial charge is 0.154 e. The van der Waals surface area contributed by atoms with E-state index >= 15 is 0 Å². The van der Waals surface area contributed by atoms with Crippen LogP contribution in [0.1, 0.15) is 66.2 Å². The van der Waals surface area contributed by atoms with Crippen LogP contribution in [0.25, 0.3) is 0 Å². The molecule has 0 nitrogen and oxygen atoms in total. The Kier molecular flexibility index (Phi) is 4.39. The second-order valence-electron chi connectivity index (χ2n) is 7.02. The maximum atomic E-state index is 2.59. The smallest absolute Gasteiger partial charge is 0.0897 e. The van der Waals surface area contributed by atoms with E-state index in [0.717, 1.165) is 30.1 Å². The van der Waals surface area contributed by atoms with Gasteiger partial charge >= 0.3 is 0 Å². The van der Waals surface area contributed by atoms with Crippen molar-refractivity contribution in [3.63, 3.8) is 0 Å². The maximum absolute atomic E-state index is 2.59. The summed E-state index contributed by atoms with van der Waals surface area (Å²) in [5, 5.41) is 0. The van der Waals surface area contributed by atoms with Gasteiger partial charge in [-0.15, -0.1) is 0 Å². The van der Waals surface area contributed by atoms with Crippen molar-refractivity contribution < 1.29 is 0 Å². The zero-order valence-corrected chi connectivity index (χ0v) is 12.2. The van der Waals surface area contributed by atoms with Crippen molar-refractivity contribution in [2.24, 2.45) is 5.92 Å². The van der Waals surface area contributed by atoms with Crippen molar-refractivity contribution >= 4 is 6.71 Å². The van der Waals surface area contributed by atoms with Crippen molar-refractivity contribution in [2.75, 3.05) is 0 Å². The predicted octanol–water partition coefficient (Wildman–Crippen LogP) is 5.58. The van der Waals surface area contributed by atoms with E-state index in [1.54, 1.807) is 0 Å². The number of fused-ring (bicyclic) bond motifs is 2. The first-order valence-corrected chi connectivity index (χ1v) is 7.74. The molecule has 0 aromatic rings. The van der Waals surface area contributed by atoms with Gasteiger partial charge in [-0.1, -0.05) is 75.7 Å². The highest BCUT2D eigenvalue weighted by molar-refractivity contribution is 6.64. The maximum Gasteiger partial charge on any atom is 0.154 e. The first kappa shape index (κ1) is 13.2. The van der Waals surface area contributed by atoms with Gasteiger partial charge in [-0.3, -0.25) is 0 Å². The highest BCUT2D eigenvalue weighted by Crippen LogP contribution is 2.52. The molecule has 0 unspecified atom stereocenters. The van der Waals surface area contributed by atoms with Crippen LogP contribution in [0, 0.1) is 5.92 Å². The molecule has 0 aromatic carbocycles. The van der Waals surface area contributed by atoms with Crippen LogP contribution in [0.15, 0.2) is 11.6 Å². The van der Waals surface area contributed by atoms with Crippen molar-refractivity contribution in [2.45, 2.75) is 83.7 Å². The van der Waals surface area contributed by atoms with Crippen LogP contribution in [0.4, 0.5) is 0 Å². The highest BCUT2D eigenvalue weighted by Gasteiger charge is 2.43. The second kappa shape index (κ2) is 5.63. The lowest BCUT2D eigenvalue weighted by Gasteiger charge is -2.45. The molecule has 0 N–H and O–H groups in total. The molecule has 0 aliphatic carbocycles. The summed E-state index contributed by atoms with van der Waals surface area (Å²) in [6.07, 6.45) is 11.7. The van der Waals surface area contributed by atoms with E-state index < -0.39 is 0 Å². The van der Waals surface area contributed by atoms with Crippen LogP contribution in [0.2, 0.25) is 17.5 Å². The first-order chi connectivity index (χ1) is 8.09. The number of hydrogen-bond acceptors (Lipinski definition) is 0. The highest BCUT2D eigenvalue weighted by atomic mass is 14.3. The number of allylic oxidation sites excluding steroid dienone is 2. The van der Waals surface area contributed by atoms with Gasteiger partial charge in [0.15, 0.2) is 6.71 Å². The Morgan fingerprint density at radius 3 is 1.82 bits per heavy atom. The van der Waals surface area contributed by atoms with Crippen molar-refractivity contribution in [3.8, 4) is 0 Å². The third-order valence-electron chi connectivity index (χ3n) is 5.13. The Labute approximate surface area is 108 Å². The Morgan fingerprint density at radius 1 is 1.00 bits per heavy atom. The zero-order valence-electron chi connectivity index (χ0n) is 12.2. The van der Waals surface area contributed by atoms with E-state index in [-0.39, 0.29) is 0 Å². The van der Waals surface area contributed by atoms with Gasteiger partial charge in [0.2, 0.25) is 0 Å². The monoisotopic (exact) mass is 232 g/mol. The van der Waals surface area contributed by atoms with Gasteiger partial charge in [-0.2, -0.15) is 0 Å². The first-order valence-electron chi connectivity index (χ1n) is 7.74. The summed E-state index contributed by atoms with van der Waals surface area (Å²) in [6.45, 7) is 10.4. The summed E-state index contributed by atoms with van der Waals surface area (Å²) in [5.41, 5.74) is 1.52. The summed E-state index contributed by atoms with van der Waals surface area (Å²) in [4.78, 5) is 0. The Balaban J connectivity index is 2.19. The molecule has 1 heteroatoms. The van der Waals surface area contributed by atoms with Crippen LogP contribution in [-0.4, -0.2) is 6.71 Å². The van der Waals surface area contributed by atoms with Crippen LogP contribution in [0.3, 0.4) is 0 Å². The fourth-order valence-electron chi connectivity index (χ4n) is 4.49. The van der Waals surface area contributed by atoms with Crippen LogP contribution >= 0.6 is 0 Å². The molecule has 0 aromatic heterocycles. The molecular weight excluding hydrogens is 203 g/mol. The molecule has 2 fully saturated rings. The lowest BCUT2D eigenvalue weighted by Crippen LogP contribution is -2.39. The van der Waals surface area contributed by atoms with E-state index in [9.17, 15) is 0 Å². The Morgan fingerprint density at radius 2 is 1.47 bits per heavy atom. The minimum Gasteiger partial charge on any atom is -0.0897 e. The van der Waals surface area contributed by atoms with E-state index in [4.69, 9.17) is 0 Å². The molecule has 17 heavy (non-hydrogen) atoms. The number of rotatable bonds is 3. The molecular formula is C16H29B. The SMILES string of the molecule is CC(C)=C[C@@H](B1C2CCCC1CCC2)C(C)C. The van der Waals surface area contributed by atoms with Crippen molar-refractivity contribution in [3.05, 3.63) is 11.6 Å². The fraction of sp³-hybridized carbons (Fsp3) is 0.875. The molecule has 96 valence electrons. The van der Waals surface area contributed by atoms with Gasteiger partial charge in [-0.25, -0.2) is 0 Å². The lowest BCUT2D eigenvalue weighted by molar-refractivity contribution is 0.429. The molecule has 0 spiro atoms. The van der Waals surface area contributed by atoms with Crippen LogP contribution < -0.4 is 0 Å². The lowest BCUT2D eigenvalue weighted by atomic mass is 9.21. The molecule has 0 amide bonds. The van der Waals surface area contributed by atoms with Gasteiger partial charge in [-0.05, 0) is 25.6 Å². The summed E-state index contributed by atoms with van der Waals surface area (Å²) >= 11 is 0. The molecule has 2 saturated heterocycles. The average molecular weight is 232 g/mol. The normalized spacial score (nSPS) is 30.3. The van der Waals surface area contributed by atoms with Crippen molar-refractivity contribution in [1.29, 1.82) is 0 Å². The van der Waals surface area contributed by atoms with Gasteiger partial charge in [0.05, 0.1) is 0 Å². The topological polar surface area (TPSA) is 0 Å². The Hall–Kier alpha value is -0.195. The molecule has 2 aliphatic heterocycles. The minimum atomic E-state index is 0.816. The van der Waals surface area contributed by atoms with E-state index in [0.29, 0.717) is 0 Å². The van der Waals surface area contributed by atoms with Crippen LogP contribution in [0.5, 0.6) is 0 Å². The minimum absolute atomic E-state index is 0.816. The summed E-state index contributed by atoms with van der Waals surface area (Å²) in [5.74, 6) is 3.75. The Bertz CT molecular complexity index is 253. The summed E-state index contributed by atoms with van der Waals surface area (Å²) in [6, 6.07) is 0. The van der Waals surface area contributed by atoms with Gasteiger partial charge in [0.1, 0.15) is 0 Å². The second-order valence-corrected chi connectivity index (χ2v) is 7.02. The number of hydrogen-bond donors (Lipinski definition) is 0. The molecule has 1 atom stereocenters. The predicted molar refractivity (Wildman–Crippen MR) is 79.0 cm³/mol. The molecule has 2 bridgehead atoms. The molecule has 2 rings (SSSR count). The van der Waals surface area contributed by atoms with Gasteiger partial charge in [0.25, 0.3) is 0 Å². The average Bonchev–Trinajstić information content (AvgIpc) is 2.24. The fourth-order valence-corrected chi connectivity index (χ4v) is 4.49. The molecule has 0 saturated carbocycles.